The second-order valence-corrected chi connectivity index (χ2v) is 7.60. The number of ketones is 1. The first-order valence-corrected chi connectivity index (χ1v) is 9.43. The number of aryl methyl sites for hydroxylation is 3. The van der Waals surface area contributed by atoms with Gasteiger partial charge in [0.1, 0.15) is 0 Å². The van der Waals surface area contributed by atoms with Crippen LogP contribution in [0.1, 0.15) is 73.0 Å². The Kier molecular flexibility index (Phi) is 4.91. The summed E-state index contributed by atoms with van der Waals surface area (Å²) in [6, 6.07) is 5.69. The van der Waals surface area contributed by atoms with Crippen molar-refractivity contribution in [3.8, 4) is 0 Å². The van der Waals surface area contributed by atoms with E-state index in [2.05, 4.69) is 44.9 Å². The number of piperidine rings is 2. The lowest BCUT2D eigenvalue weighted by Gasteiger charge is -2.46. The van der Waals surface area contributed by atoms with Crippen molar-refractivity contribution in [2.45, 2.75) is 77.8 Å². The standard InChI is InChI=1S/C21H31NO/c1-5-15-10-14(3)11-16(6-2)20(15)21(23)17-12-18-8-7-9-19(13-17)22(18)4/h10-11,17-19H,5-9,12-13H2,1-4H3. The third-order valence-corrected chi connectivity index (χ3v) is 6.16. The summed E-state index contributed by atoms with van der Waals surface area (Å²) in [6.07, 6.45) is 7.91. The fourth-order valence-electron chi connectivity index (χ4n) is 4.85. The van der Waals surface area contributed by atoms with Gasteiger partial charge >= 0.3 is 0 Å². The van der Waals surface area contributed by atoms with Gasteiger partial charge in [-0.1, -0.05) is 38.0 Å². The number of carbonyl (C=O) groups excluding carboxylic acids is 1. The predicted molar refractivity (Wildman–Crippen MR) is 96.2 cm³/mol. The van der Waals surface area contributed by atoms with Crippen LogP contribution in [0, 0.1) is 12.8 Å². The Balaban J connectivity index is 1.92. The average molecular weight is 313 g/mol. The van der Waals surface area contributed by atoms with E-state index in [0.29, 0.717) is 17.9 Å². The van der Waals surface area contributed by atoms with Crippen molar-refractivity contribution in [1.82, 2.24) is 4.90 Å². The second-order valence-electron chi connectivity index (χ2n) is 7.60. The summed E-state index contributed by atoms with van der Waals surface area (Å²) in [5.74, 6) is 0.670. The van der Waals surface area contributed by atoms with E-state index in [9.17, 15) is 4.79 Å². The molecule has 0 aliphatic carbocycles. The van der Waals surface area contributed by atoms with Gasteiger partial charge in [0.25, 0.3) is 0 Å². The van der Waals surface area contributed by atoms with E-state index < -0.39 is 0 Å². The summed E-state index contributed by atoms with van der Waals surface area (Å²) >= 11 is 0. The minimum Gasteiger partial charge on any atom is -0.300 e. The summed E-state index contributed by atoms with van der Waals surface area (Å²) in [5.41, 5.74) is 4.87. The van der Waals surface area contributed by atoms with Crippen LogP contribution in [0.4, 0.5) is 0 Å². The van der Waals surface area contributed by atoms with Crippen LogP contribution in [-0.2, 0) is 12.8 Å². The zero-order chi connectivity index (χ0) is 16.6. The fraction of sp³-hybridized carbons (Fsp3) is 0.667. The minimum atomic E-state index is 0.236. The van der Waals surface area contributed by atoms with Gasteiger partial charge in [-0.05, 0) is 63.6 Å². The monoisotopic (exact) mass is 313 g/mol. The Morgan fingerprint density at radius 1 is 1.09 bits per heavy atom. The quantitative estimate of drug-likeness (QED) is 0.759. The number of benzene rings is 1. The first-order chi connectivity index (χ1) is 11.0. The van der Waals surface area contributed by atoms with Crippen LogP contribution in [0.5, 0.6) is 0 Å². The SMILES string of the molecule is CCc1cc(C)cc(CC)c1C(=O)C1CC2CCCC(C1)N2C. The summed E-state index contributed by atoms with van der Waals surface area (Å²) < 4.78 is 0. The fourth-order valence-corrected chi connectivity index (χ4v) is 4.85. The van der Waals surface area contributed by atoms with Crippen LogP contribution >= 0.6 is 0 Å². The normalized spacial score (nSPS) is 27.9. The van der Waals surface area contributed by atoms with Crippen LogP contribution in [0.25, 0.3) is 0 Å². The number of rotatable bonds is 4. The molecule has 3 rings (SSSR count). The molecule has 2 fully saturated rings. The van der Waals surface area contributed by atoms with Gasteiger partial charge in [-0.15, -0.1) is 0 Å². The van der Waals surface area contributed by atoms with E-state index in [1.165, 1.54) is 36.0 Å². The Morgan fingerprint density at radius 3 is 2.09 bits per heavy atom. The summed E-state index contributed by atoms with van der Waals surface area (Å²) in [7, 11) is 2.26. The van der Waals surface area contributed by atoms with Crippen LogP contribution in [-0.4, -0.2) is 29.8 Å². The van der Waals surface area contributed by atoms with Gasteiger partial charge in [0.05, 0.1) is 0 Å². The number of carbonyl (C=O) groups is 1. The van der Waals surface area contributed by atoms with E-state index in [-0.39, 0.29) is 5.92 Å². The summed E-state index contributed by atoms with van der Waals surface area (Å²) in [6.45, 7) is 6.50. The molecule has 0 spiro atoms. The zero-order valence-electron chi connectivity index (χ0n) is 15.2. The van der Waals surface area contributed by atoms with Crippen molar-refractivity contribution in [1.29, 1.82) is 0 Å². The molecule has 0 N–H and O–H groups in total. The molecule has 0 amide bonds. The van der Waals surface area contributed by atoms with Crippen molar-refractivity contribution < 1.29 is 4.79 Å². The predicted octanol–water partition coefficient (Wildman–Crippen LogP) is 4.57. The third kappa shape index (κ3) is 3.10. The molecule has 2 saturated heterocycles. The van der Waals surface area contributed by atoms with Crippen LogP contribution in [0.2, 0.25) is 0 Å². The number of nitrogens with zero attached hydrogens (tertiary/aromatic N) is 1. The maximum Gasteiger partial charge on any atom is 0.166 e. The number of Topliss-reactive ketones (excluding diaryl/α,β-unsaturated/α-hetero) is 1. The highest BCUT2D eigenvalue weighted by atomic mass is 16.1. The van der Waals surface area contributed by atoms with Crippen LogP contribution < -0.4 is 0 Å². The first-order valence-electron chi connectivity index (χ1n) is 9.43. The molecule has 126 valence electrons. The second kappa shape index (κ2) is 6.76. The van der Waals surface area contributed by atoms with E-state index in [4.69, 9.17) is 0 Å². The lowest BCUT2D eigenvalue weighted by Crippen LogP contribution is -2.51. The number of fused-ring (bicyclic) bond motifs is 2. The lowest BCUT2D eigenvalue weighted by atomic mass is 9.74. The van der Waals surface area contributed by atoms with Gasteiger partial charge in [0, 0.05) is 23.6 Å². The highest BCUT2D eigenvalue weighted by Crippen LogP contribution is 2.38. The smallest absolute Gasteiger partial charge is 0.166 e. The molecule has 0 radical (unpaired) electrons. The van der Waals surface area contributed by atoms with Crippen LogP contribution in [0.3, 0.4) is 0 Å². The molecule has 2 aliphatic heterocycles. The number of hydrogen-bond donors (Lipinski definition) is 0. The van der Waals surface area contributed by atoms with Gasteiger partial charge < -0.3 is 4.90 Å². The average Bonchev–Trinajstić information content (AvgIpc) is 2.53. The highest BCUT2D eigenvalue weighted by molar-refractivity contribution is 6.00. The highest BCUT2D eigenvalue weighted by Gasteiger charge is 2.39. The van der Waals surface area contributed by atoms with E-state index in [0.717, 1.165) is 31.2 Å². The molecule has 1 aromatic carbocycles. The molecule has 2 nitrogen and oxygen atoms in total. The molecule has 2 aliphatic rings. The molecule has 2 heterocycles. The zero-order valence-corrected chi connectivity index (χ0v) is 15.2. The van der Waals surface area contributed by atoms with E-state index in [1.807, 2.05) is 0 Å². The lowest BCUT2D eigenvalue weighted by molar-refractivity contribution is 0.0338. The summed E-state index contributed by atoms with van der Waals surface area (Å²) in [4.78, 5) is 15.9. The molecule has 2 bridgehead atoms. The molecule has 2 atom stereocenters. The van der Waals surface area contributed by atoms with E-state index >= 15 is 0 Å². The third-order valence-electron chi connectivity index (χ3n) is 6.16. The Labute approximate surface area is 141 Å². The van der Waals surface area contributed by atoms with Crippen molar-refractivity contribution in [2.24, 2.45) is 5.92 Å². The topological polar surface area (TPSA) is 20.3 Å². The van der Waals surface area contributed by atoms with Gasteiger partial charge in [-0.25, -0.2) is 0 Å². The summed E-state index contributed by atoms with van der Waals surface area (Å²) in [5, 5.41) is 0. The van der Waals surface area contributed by atoms with Gasteiger partial charge in [0.2, 0.25) is 0 Å². The van der Waals surface area contributed by atoms with Crippen molar-refractivity contribution >= 4 is 5.78 Å². The molecule has 0 saturated carbocycles. The van der Waals surface area contributed by atoms with Gasteiger partial charge in [0.15, 0.2) is 5.78 Å². The minimum absolute atomic E-state index is 0.236. The largest absolute Gasteiger partial charge is 0.300 e. The Hall–Kier alpha value is -1.15. The van der Waals surface area contributed by atoms with Gasteiger partial charge in [-0.2, -0.15) is 0 Å². The molecular formula is C21H31NO. The van der Waals surface area contributed by atoms with Crippen molar-refractivity contribution in [2.75, 3.05) is 7.05 Å². The Bertz CT molecular complexity index is 552. The van der Waals surface area contributed by atoms with E-state index in [1.54, 1.807) is 0 Å². The van der Waals surface area contributed by atoms with Crippen molar-refractivity contribution in [3.05, 3.63) is 34.4 Å². The molecule has 1 aromatic rings. The Morgan fingerprint density at radius 2 is 1.61 bits per heavy atom. The maximum absolute atomic E-state index is 13.4. The molecule has 0 aromatic heterocycles. The van der Waals surface area contributed by atoms with Crippen LogP contribution in [0.15, 0.2) is 12.1 Å². The maximum atomic E-state index is 13.4. The first kappa shape index (κ1) is 16.7. The molecular weight excluding hydrogens is 282 g/mol. The van der Waals surface area contributed by atoms with Gasteiger partial charge in [-0.3, -0.25) is 4.79 Å². The molecule has 2 unspecified atom stereocenters. The van der Waals surface area contributed by atoms with Crippen molar-refractivity contribution in [3.63, 3.8) is 0 Å². The number of hydrogen-bond acceptors (Lipinski definition) is 2. The molecule has 23 heavy (non-hydrogen) atoms. The molecule has 2 heteroatoms.